The van der Waals surface area contributed by atoms with Crippen molar-refractivity contribution < 1.29 is 9.59 Å². The van der Waals surface area contributed by atoms with Gasteiger partial charge in [0.1, 0.15) is 0 Å². The van der Waals surface area contributed by atoms with E-state index in [2.05, 4.69) is 15.5 Å². The van der Waals surface area contributed by atoms with Crippen LogP contribution >= 0.6 is 23.2 Å². The highest BCUT2D eigenvalue weighted by molar-refractivity contribution is 6.35. The van der Waals surface area contributed by atoms with Crippen molar-refractivity contribution in [1.82, 2.24) is 4.90 Å². The lowest BCUT2D eigenvalue weighted by Gasteiger charge is -2.31. The summed E-state index contributed by atoms with van der Waals surface area (Å²) in [6.07, 6.45) is 1.58. The number of hydrogen-bond acceptors (Lipinski definition) is 3. The SMILES string of the molecule is CC(=O)Nc1ccc(NC(=O)C2CCN(Cc3c(Cl)cccc3Cl)CC2)cc1. The van der Waals surface area contributed by atoms with Crippen molar-refractivity contribution in [2.75, 3.05) is 23.7 Å². The summed E-state index contributed by atoms with van der Waals surface area (Å²) in [5, 5.41) is 7.02. The Labute approximate surface area is 175 Å². The number of rotatable bonds is 5. The minimum absolute atomic E-state index is 0.0204. The highest BCUT2D eigenvalue weighted by Gasteiger charge is 2.25. The molecule has 5 nitrogen and oxygen atoms in total. The molecule has 0 radical (unpaired) electrons. The number of anilines is 2. The number of benzene rings is 2. The lowest BCUT2D eigenvalue weighted by molar-refractivity contribution is -0.121. The molecule has 1 saturated heterocycles. The Kier molecular flexibility index (Phi) is 6.94. The topological polar surface area (TPSA) is 61.4 Å². The summed E-state index contributed by atoms with van der Waals surface area (Å²) >= 11 is 12.5. The molecular formula is C21H23Cl2N3O2. The second-order valence-electron chi connectivity index (χ2n) is 7.00. The van der Waals surface area contributed by atoms with E-state index in [9.17, 15) is 9.59 Å². The normalized spacial score (nSPS) is 15.2. The molecule has 1 aliphatic heterocycles. The Bertz CT molecular complexity index is 827. The van der Waals surface area contributed by atoms with E-state index in [1.165, 1.54) is 6.92 Å². The average Bonchev–Trinajstić information content (AvgIpc) is 2.66. The first-order valence-electron chi connectivity index (χ1n) is 9.26. The lowest BCUT2D eigenvalue weighted by Crippen LogP contribution is -2.37. The summed E-state index contributed by atoms with van der Waals surface area (Å²) in [6.45, 7) is 3.79. The largest absolute Gasteiger partial charge is 0.326 e. The Morgan fingerprint density at radius 3 is 2.04 bits per heavy atom. The van der Waals surface area contributed by atoms with Crippen LogP contribution < -0.4 is 10.6 Å². The summed E-state index contributed by atoms with van der Waals surface area (Å²) in [7, 11) is 0. The second kappa shape index (κ2) is 9.41. The van der Waals surface area contributed by atoms with Gasteiger partial charge in [-0.1, -0.05) is 29.3 Å². The first-order valence-corrected chi connectivity index (χ1v) is 10.0. The molecule has 0 unspecified atom stereocenters. The van der Waals surface area contributed by atoms with E-state index in [1.54, 1.807) is 24.3 Å². The van der Waals surface area contributed by atoms with Gasteiger partial charge in [-0.2, -0.15) is 0 Å². The Hall–Kier alpha value is -2.08. The molecule has 2 N–H and O–H groups in total. The van der Waals surface area contributed by atoms with E-state index in [4.69, 9.17) is 23.2 Å². The van der Waals surface area contributed by atoms with Crippen LogP contribution in [0.1, 0.15) is 25.3 Å². The molecule has 148 valence electrons. The summed E-state index contributed by atoms with van der Waals surface area (Å²) in [6, 6.07) is 12.7. The van der Waals surface area contributed by atoms with Gasteiger partial charge in [0.15, 0.2) is 0 Å². The maximum Gasteiger partial charge on any atom is 0.227 e. The standard InChI is InChI=1S/C21H23Cl2N3O2/c1-14(27)24-16-5-7-17(8-6-16)25-21(28)15-9-11-26(12-10-15)13-18-19(22)3-2-4-20(18)23/h2-8,15H,9-13H2,1H3,(H,24,27)(H,25,28). The van der Waals surface area contributed by atoms with Crippen molar-refractivity contribution in [3.63, 3.8) is 0 Å². The van der Waals surface area contributed by atoms with Crippen molar-refractivity contribution in [2.45, 2.75) is 26.3 Å². The van der Waals surface area contributed by atoms with Gasteiger partial charge in [0, 0.05) is 46.4 Å². The van der Waals surface area contributed by atoms with Gasteiger partial charge in [-0.05, 0) is 62.3 Å². The van der Waals surface area contributed by atoms with Crippen LogP contribution in [0.2, 0.25) is 10.0 Å². The molecule has 0 spiro atoms. The second-order valence-corrected chi connectivity index (χ2v) is 7.81. The molecule has 2 aromatic rings. The van der Waals surface area contributed by atoms with Crippen molar-refractivity contribution >= 4 is 46.4 Å². The number of nitrogens with zero attached hydrogens (tertiary/aromatic N) is 1. The molecule has 0 saturated carbocycles. The molecule has 1 aliphatic rings. The van der Waals surface area contributed by atoms with Crippen LogP contribution in [-0.4, -0.2) is 29.8 Å². The fourth-order valence-corrected chi connectivity index (χ4v) is 3.86. The molecule has 7 heteroatoms. The van der Waals surface area contributed by atoms with Crippen LogP contribution in [0.5, 0.6) is 0 Å². The van der Waals surface area contributed by atoms with Crippen molar-refractivity contribution in [1.29, 1.82) is 0 Å². The highest BCUT2D eigenvalue weighted by Crippen LogP contribution is 2.28. The van der Waals surface area contributed by atoms with Crippen LogP contribution in [0.4, 0.5) is 11.4 Å². The fourth-order valence-electron chi connectivity index (χ4n) is 3.34. The maximum absolute atomic E-state index is 12.6. The third-order valence-corrected chi connectivity index (χ3v) is 5.58. The molecule has 1 heterocycles. The monoisotopic (exact) mass is 419 g/mol. The van der Waals surface area contributed by atoms with E-state index in [-0.39, 0.29) is 17.7 Å². The third kappa shape index (κ3) is 5.47. The number of hydrogen-bond donors (Lipinski definition) is 2. The number of carbonyl (C=O) groups excluding carboxylic acids is 2. The maximum atomic E-state index is 12.6. The smallest absolute Gasteiger partial charge is 0.227 e. The van der Waals surface area contributed by atoms with Gasteiger partial charge in [-0.25, -0.2) is 0 Å². The zero-order chi connectivity index (χ0) is 20.1. The summed E-state index contributed by atoms with van der Waals surface area (Å²) in [5.41, 5.74) is 2.37. The van der Waals surface area contributed by atoms with E-state index >= 15 is 0 Å². The van der Waals surface area contributed by atoms with E-state index in [0.29, 0.717) is 22.3 Å². The summed E-state index contributed by atoms with van der Waals surface area (Å²) in [5.74, 6) is -0.114. The van der Waals surface area contributed by atoms with Gasteiger partial charge in [0.05, 0.1) is 0 Å². The first-order chi connectivity index (χ1) is 13.4. The lowest BCUT2D eigenvalue weighted by atomic mass is 9.95. The van der Waals surface area contributed by atoms with Gasteiger partial charge in [0.2, 0.25) is 11.8 Å². The molecule has 0 atom stereocenters. The number of carbonyl (C=O) groups is 2. The highest BCUT2D eigenvalue weighted by atomic mass is 35.5. The Morgan fingerprint density at radius 2 is 1.50 bits per heavy atom. The Morgan fingerprint density at radius 1 is 0.964 bits per heavy atom. The van der Waals surface area contributed by atoms with Gasteiger partial charge < -0.3 is 10.6 Å². The van der Waals surface area contributed by atoms with E-state index in [0.717, 1.165) is 37.2 Å². The number of amides is 2. The quantitative estimate of drug-likeness (QED) is 0.731. The number of piperidine rings is 1. The average molecular weight is 420 g/mol. The van der Waals surface area contributed by atoms with Crippen molar-refractivity contribution in [2.24, 2.45) is 5.92 Å². The molecular weight excluding hydrogens is 397 g/mol. The van der Waals surface area contributed by atoms with Crippen LogP contribution in [-0.2, 0) is 16.1 Å². The van der Waals surface area contributed by atoms with Gasteiger partial charge in [-0.15, -0.1) is 0 Å². The minimum atomic E-state index is -0.123. The third-order valence-electron chi connectivity index (χ3n) is 4.87. The molecule has 0 aliphatic carbocycles. The molecule has 1 fully saturated rings. The number of likely N-dealkylation sites (tertiary alicyclic amines) is 1. The van der Waals surface area contributed by atoms with Crippen LogP contribution in [0, 0.1) is 5.92 Å². The van der Waals surface area contributed by atoms with E-state index in [1.807, 2.05) is 18.2 Å². The number of halogens is 2. The van der Waals surface area contributed by atoms with Crippen LogP contribution in [0.3, 0.4) is 0 Å². The zero-order valence-corrected chi connectivity index (χ0v) is 17.2. The van der Waals surface area contributed by atoms with Gasteiger partial charge in [0.25, 0.3) is 0 Å². The molecule has 3 rings (SSSR count). The van der Waals surface area contributed by atoms with Crippen LogP contribution in [0.15, 0.2) is 42.5 Å². The Balaban J connectivity index is 1.50. The first kappa shape index (κ1) is 20.6. The molecule has 2 amide bonds. The van der Waals surface area contributed by atoms with Gasteiger partial charge in [-0.3, -0.25) is 14.5 Å². The van der Waals surface area contributed by atoms with Crippen molar-refractivity contribution in [3.05, 3.63) is 58.1 Å². The van der Waals surface area contributed by atoms with E-state index < -0.39 is 0 Å². The molecule has 28 heavy (non-hydrogen) atoms. The zero-order valence-electron chi connectivity index (χ0n) is 15.7. The summed E-state index contributed by atoms with van der Waals surface area (Å²) in [4.78, 5) is 25.9. The van der Waals surface area contributed by atoms with Crippen molar-refractivity contribution in [3.8, 4) is 0 Å². The van der Waals surface area contributed by atoms with Crippen LogP contribution in [0.25, 0.3) is 0 Å². The predicted octanol–water partition coefficient (Wildman–Crippen LogP) is 4.80. The fraction of sp³-hybridized carbons (Fsp3) is 0.333. The number of nitrogens with one attached hydrogen (secondary N) is 2. The molecule has 0 aromatic heterocycles. The predicted molar refractivity (Wildman–Crippen MR) is 114 cm³/mol. The summed E-state index contributed by atoms with van der Waals surface area (Å²) < 4.78 is 0. The molecule has 0 bridgehead atoms. The van der Waals surface area contributed by atoms with Gasteiger partial charge >= 0.3 is 0 Å². The minimum Gasteiger partial charge on any atom is -0.326 e. The molecule has 2 aromatic carbocycles.